The molecule has 1 aliphatic rings. The van der Waals surface area contributed by atoms with Crippen LogP contribution in [0.4, 0.5) is 0 Å². The topological polar surface area (TPSA) is 101 Å². The van der Waals surface area contributed by atoms with Gasteiger partial charge in [0, 0.05) is 19.5 Å². The van der Waals surface area contributed by atoms with E-state index in [1.165, 1.54) is 4.90 Å². The Labute approximate surface area is 122 Å². The lowest BCUT2D eigenvalue weighted by atomic mass is 10.2. The predicted molar refractivity (Wildman–Crippen MR) is 74.9 cm³/mol. The molecule has 2 rings (SSSR count). The summed E-state index contributed by atoms with van der Waals surface area (Å²) < 4.78 is 0. The van der Waals surface area contributed by atoms with E-state index in [1.54, 1.807) is 0 Å². The Bertz CT molecular complexity index is 544. The zero-order valence-electron chi connectivity index (χ0n) is 11.6. The van der Waals surface area contributed by atoms with Crippen molar-refractivity contribution in [2.75, 3.05) is 6.54 Å². The van der Waals surface area contributed by atoms with E-state index in [0.29, 0.717) is 13.0 Å². The highest BCUT2D eigenvalue weighted by Gasteiger charge is 2.49. The Morgan fingerprint density at radius 1 is 1.19 bits per heavy atom. The zero-order chi connectivity index (χ0) is 15.4. The Morgan fingerprint density at radius 2 is 1.86 bits per heavy atom. The molecular weight excluding hydrogens is 272 g/mol. The van der Waals surface area contributed by atoms with Gasteiger partial charge in [-0.15, -0.1) is 0 Å². The zero-order valence-corrected chi connectivity index (χ0v) is 11.6. The van der Waals surface area contributed by atoms with E-state index >= 15 is 0 Å². The van der Waals surface area contributed by atoms with Crippen molar-refractivity contribution in [1.29, 1.82) is 0 Å². The second-order valence-corrected chi connectivity index (χ2v) is 5.25. The highest BCUT2D eigenvalue weighted by molar-refractivity contribution is 5.89. The number of benzene rings is 1. The third-order valence-electron chi connectivity index (χ3n) is 3.58. The Morgan fingerprint density at radius 3 is 2.38 bits per heavy atom. The number of carboxylic acid groups (broad SMARTS) is 1. The number of rotatable bonds is 7. The van der Waals surface area contributed by atoms with Crippen molar-refractivity contribution in [2.24, 2.45) is 17.6 Å². The summed E-state index contributed by atoms with van der Waals surface area (Å²) in [5.74, 6) is -2.70. The van der Waals surface area contributed by atoms with Gasteiger partial charge < -0.3 is 15.7 Å². The number of hydrogen-bond donors (Lipinski definition) is 2. The van der Waals surface area contributed by atoms with Crippen LogP contribution in [0.15, 0.2) is 30.3 Å². The lowest BCUT2D eigenvalue weighted by Crippen LogP contribution is -2.35. The molecule has 2 amide bonds. The highest BCUT2D eigenvalue weighted by Crippen LogP contribution is 2.40. The van der Waals surface area contributed by atoms with Crippen LogP contribution in [-0.4, -0.2) is 34.3 Å². The summed E-state index contributed by atoms with van der Waals surface area (Å²) in [6.45, 7) is 0.571. The summed E-state index contributed by atoms with van der Waals surface area (Å²) >= 11 is 0. The first-order valence-corrected chi connectivity index (χ1v) is 6.83. The van der Waals surface area contributed by atoms with Crippen LogP contribution < -0.4 is 5.73 Å². The molecular formula is C15H18N2O4. The van der Waals surface area contributed by atoms with Gasteiger partial charge in [0.1, 0.15) is 0 Å². The van der Waals surface area contributed by atoms with Gasteiger partial charge in [-0.1, -0.05) is 30.3 Å². The molecule has 0 saturated heterocycles. The van der Waals surface area contributed by atoms with Crippen LogP contribution in [0.3, 0.4) is 0 Å². The van der Waals surface area contributed by atoms with E-state index in [2.05, 4.69) is 0 Å². The van der Waals surface area contributed by atoms with Gasteiger partial charge in [-0.3, -0.25) is 14.4 Å². The quantitative estimate of drug-likeness (QED) is 0.768. The van der Waals surface area contributed by atoms with Gasteiger partial charge in [-0.05, 0) is 12.0 Å². The van der Waals surface area contributed by atoms with E-state index in [1.807, 2.05) is 30.3 Å². The van der Waals surface area contributed by atoms with E-state index in [0.717, 1.165) is 5.56 Å². The minimum absolute atomic E-state index is 0.0725. The molecule has 0 spiro atoms. The fourth-order valence-electron chi connectivity index (χ4n) is 2.29. The summed E-state index contributed by atoms with van der Waals surface area (Å²) in [7, 11) is 0. The number of carbonyl (C=O) groups is 3. The second-order valence-electron chi connectivity index (χ2n) is 5.25. The first-order chi connectivity index (χ1) is 9.99. The van der Waals surface area contributed by atoms with Crippen molar-refractivity contribution in [1.82, 2.24) is 4.90 Å². The number of aliphatic carboxylic acids is 1. The molecule has 1 aromatic carbocycles. The van der Waals surface area contributed by atoms with Crippen molar-refractivity contribution < 1.29 is 19.5 Å². The van der Waals surface area contributed by atoms with Crippen LogP contribution in [0.25, 0.3) is 0 Å². The molecule has 0 aliphatic heterocycles. The Hall–Kier alpha value is -2.37. The van der Waals surface area contributed by atoms with Gasteiger partial charge in [-0.25, -0.2) is 0 Å². The van der Waals surface area contributed by atoms with Gasteiger partial charge in [0.05, 0.1) is 11.8 Å². The Kier molecular flexibility index (Phi) is 4.57. The van der Waals surface area contributed by atoms with Gasteiger partial charge in [0.2, 0.25) is 11.8 Å². The van der Waals surface area contributed by atoms with Crippen LogP contribution in [0.1, 0.15) is 18.4 Å². The van der Waals surface area contributed by atoms with Gasteiger partial charge >= 0.3 is 5.97 Å². The fourth-order valence-corrected chi connectivity index (χ4v) is 2.29. The number of carboxylic acids is 1. The van der Waals surface area contributed by atoms with E-state index in [4.69, 9.17) is 10.8 Å². The summed E-state index contributed by atoms with van der Waals surface area (Å²) in [6, 6.07) is 9.37. The van der Waals surface area contributed by atoms with Crippen molar-refractivity contribution >= 4 is 17.8 Å². The Balaban J connectivity index is 2.03. The number of carbonyl (C=O) groups excluding carboxylic acids is 2. The molecule has 6 heteroatoms. The van der Waals surface area contributed by atoms with Gasteiger partial charge in [0.15, 0.2) is 0 Å². The van der Waals surface area contributed by atoms with E-state index < -0.39 is 23.7 Å². The normalized spacial score (nSPS) is 19.8. The molecule has 0 radical (unpaired) electrons. The number of nitrogens with two attached hydrogens (primary N) is 1. The van der Waals surface area contributed by atoms with Crippen LogP contribution in [-0.2, 0) is 20.9 Å². The molecule has 0 bridgehead atoms. The maximum absolute atomic E-state index is 12.3. The number of hydrogen-bond acceptors (Lipinski definition) is 3. The van der Waals surface area contributed by atoms with Crippen molar-refractivity contribution in [2.45, 2.75) is 19.4 Å². The number of amides is 2. The minimum atomic E-state index is -0.942. The molecule has 1 fully saturated rings. The average Bonchev–Trinajstić information content (AvgIpc) is 3.24. The van der Waals surface area contributed by atoms with Crippen molar-refractivity contribution in [3.05, 3.63) is 35.9 Å². The van der Waals surface area contributed by atoms with Crippen molar-refractivity contribution in [3.8, 4) is 0 Å². The maximum atomic E-state index is 12.3. The molecule has 3 N–H and O–H groups in total. The molecule has 2 atom stereocenters. The minimum Gasteiger partial charge on any atom is -0.481 e. The predicted octanol–water partition coefficient (Wildman–Crippen LogP) is 0.611. The molecule has 0 aromatic heterocycles. The van der Waals surface area contributed by atoms with Crippen LogP contribution in [0, 0.1) is 11.8 Å². The molecule has 6 nitrogen and oxygen atoms in total. The largest absolute Gasteiger partial charge is 0.481 e. The smallest absolute Gasteiger partial charge is 0.307 e. The number of nitrogens with zero attached hydrogens (tertiary/aromatic N) is 1. The molecule has 0 heterocycles. The molecule has 1 aromatic rings. The van der Waals surface area contributed by atoms with Gasteiger partial charge in [-0.2, -0.15) is 0 Å². The van der Waals surface area contributed by atoms with Crippen LogP contribution >= 0.6 is 0 Å². The third-order valence-corrected chi connectivity index (χ3v) is 3.58. The third kappa shape index (κ3) is 4.05. The SMILES string of the molecule is NC(=O)CCN(Cc1ccccc1)C(=O)[C@@H]1C[C@@H]1C(=O)O. The molecule has 21 heavy (non-hydrogen) atoms. The molecule has 1 aliphatic carbocycles. The maximum Gasteiger partial charge on any atom is 0.307 e. The average molecular weight is 290 g/mol. The summed E-state index contributed by atoms with van der Waals surface area (Å²) in [5, 5.41) is 8.92. The standard InChI is InChI=1S/C15H18N2O4/c16-13(18)6-7-17(9-10-4-2-1-3-5-10)14(19)11-8-12(11)15(20)21/h1-5,11-12H,6-9H2,(H2,16,18)(H,20,21)/t11-,12+/m1/s1. The first-order valence-electron chi connectivity index (χ1n) is 6.83. The molecule has 0 unspecified atom stereocenters. The summed E-state index contributed by atoms with van der Waals surface area (Å²) in [5.41, 5.74) is 6.06. The lowest BCUT2D eigenvalue weighted by molar-refractivity contribution is -0.142. The first kappa shape index (κ1) is 15.0. The highest BCUT2D eigenvalue weighted by atomic mass is 16.4. The van der Waals surface area contributed by atoms with Gasteiger partial charge in [0.25, 0.3) is 0 Å². The number of primary amides is 1. The molecule has 1 saturated carbocycles. The lowest BCUT2D eigenvalue weighted by Gasteiger charge is -2.22. The monoisotopic (exact) mass is 290 g/mol. The summed E-state index contributed by atoms with van der Waals surface area (Å²) in [4.78, 5) is 35.7. The van der Waals surface area contributed by atoms with Crippen LogP contribution in [0.2, 0.25) is 0 Å². The fraction of sp³-hybridized carbons (Fsp3) is 0.400. The van der Waals surface area contributed by atoms with Crippen molar-refractivity contribution in [3.63, 3.8) is 0 Å². The van der Waals surface area contributed by atoms with E-state index in [9.17, 15) is 14.4 Å². The summed E-state index contributed by atoms with van der Waals surface area (Å²) in [6.07, 6.45) is 0.444. The molecule has 112 valence electrons. The van der Waals surface area contributed by atoms with E-state index in [-0.39, 0.29) is 18.9 Å². The van der Waals surface area contributed by atoms with Crippen LogP contribution in [0.5, 0.6) is 0 Å². The second kappa shape index (κ2) is 6.39.